The molecule has 19 heavy (non-hydrogen) atoms. The van der Waals surface area contributed by atoms with Crippen LogP contribution >= 0.6 is 11.8 Å². The van der Waals surface area contributed by atoms with Gasteiger partial charge in [0, 0.05) is 28.6 Å². The van der Waals surface area contributed by atoms with Crippen molar-refractivity contribution in [2.24, 2.45) is 0 Å². The molecule has 2 aromatic rings. The number of hydrogen-bond donors (Lipinski definition) is 1. The van der Waals surface area contributed by atoms with E-state index in [9.17, 15) is 4.39 Å². The van der Waals surface area contributed by atoms with Gasteiger partial charge in [-0.05, 0) is 49.8 Å². The summed E-state index contributed by atoms with van der Waals surface area (Å²) in [5, 5.41) is 5.02. The molecule has 3 rings (SSSR count). The Balaban J connectivity index is 1.89. The zero-order valence-electron chi connectivity index (χ0n) is 10.9. The van der Waals surface area contributed by atoms with Gasteiger partial charge in [-0.3, -0.25) is 4.98 Å². The van der Waals surface area contributed by atoms with Crippen molar-refractivity contribution >= 4 is 28.4 Å². The Hall–Kier alpha value is -1.29. The molecule has 4 heteroatoms. The first kappa shape index (κ1) is 12.7. The van der Waals surface area contributed by atoms with Crippen LogP contribution in [0.15, 0.2) is 24.3 Å². The maximum Gasteiger partial charge on any atom is 0.124 e. The normalized spacial score (nSPS) is 18.9. The number of benzene rings is 1. The predicted octanol–water partition coefficient (Wildman–Crippen LogP) is 3.99. The van der Waals surface area contributed by atoms with Crippen LogP contribution in [0.3, 0.4) is 0 Å². The lowest BCUT2D eigenvalue weighted by Crippen LogP contribution is -2.14. The fourth-order valence-corrected chi connectivity index (χ4v) is 3.71. The highest BCUT2D eigenvalue weighted by Gasteiger charge is 2.15. The zero-order valence-corrected chi connectivity index (χ0v) is 11.8. The molecule has 1 saturated heterocycles. The number of thioether (sulfide) groups is 1. The van der Waals surface area contributed by atoms with Crippen LogP contribution in [-0.4, -0.2) is 22.5 Å². The minimum absolute atomic E-state index is 0.212. The van der Waals surface area contributed by atoms with E-state index in [1.54, 1.807) is 12.1 Å². The number of hydrogen-bond acceptors (Lipinski definition) is 3. The number of anilines is 1. The summed E-state index contributed by atoms with van der Waals surface area (Å²) in [5.41, 5.74) is 2.80. The fourth-order valence-electron chi connectivity index (χ4n) is 2.51. The Morgan fingerprint density at radius 3 is 3.11 bits per heavy atom. The lowest BCUT2D eigenvalue weighted by atomic mass is 10.1. The van der Waals surface area contributed by atoms with E-state index in [1.807, 2.05) is 24.8 Å². The molecule has 1 aliphatic heterocycles. The molecular formula is C15H17FN2S. The number of aryl methyl sites for hydroxylation is 1. The average Bonchev–Trinajstić information content (AvgIpc) is 2.89. The van der Waals surface area contributed by atoms with Gasteiger partial charge in [0.15, 0.2) is 0 Å². The Kier molecular flexibility index (Phi) is 3.60. The Morgan fingerprint density at radius 2 is 2.32 bits per heavy atom. The first-order valence-corrected chi connectivity index (χ1v) is 7.69. The largest absolute Gasteiger partial charge is 0.383 e. The average molecular weight is 276 g/mol. The summed E-state index contributed by atoms with van der Waals surface area (Å²) in [4.78, 5) is 4.45. The molecule has 0 amide bonds. The van der Waals surface area contributed by atoms with Crippen LogP contribution in [0.25, 0.3) is 10.9 Å². The molecule has 0 spiro atoms. The highest BCUT2D eigenvalue weighted by molar-refractivity contribution is 8.00. The molecule has 2 heterocycles. The molecule has 1 N–H and O–H groups in total. The van der Waals surface area contributed by atoms with Crippen LogP contribution < -0.4 is 5.32 Å². The van der Waals surface area contributed by atoms with Crippen LogP contribution in [0.1, 0.15) is 18.5 Å². The molecule has 1 aromatic carbocycles. The number of fused-ring (bicyclic) bond motifs is 1. The van der Waals surface area contributed by atoms with Gasteiger partial charge < -0.3 is 5.32 Å². The quantitative estimate of drug-likeness (QED) is 0.917. The van der Waals surface area contributed by atoms with Gasteiger partial charge >= 0.3 is 0 Å². The molecule has 1 fully saturated rings. The third-order valence-corrected chi connectivity index (χ3v) is 4.84. The molecule has 0 radical (unpaired) electrons. The SMILES string of the molecule is Cc1cc(NCC2CCCS2)c2cc(F)ccc2n1. The van der Waals surface area contributed by atoms with Gasteiger partial charge in [-0.1, -0.05) is 0 Å². The van der Waals surface area contributed by atoms with Gasteiger partial charge in [0.05, 0.1) is 5.52 Å². The second-order valence-corrected chi connectivity index (χ2v) is 6.40. The van der Waals surface area contributed by atoms with E-state index in [4.69, 9.17) is 0 Å². The maximum atomic E-state index is 13.4. The molecule has 0 saturated carbocycles. The highest BCUT2D eigenvalue weighted by atomic mass is 32.2. The monoisotopic (exact) mass is 276 g/mol. The second-order valence-electron chi connectivity index (χ2n) is 4.99. The van der Waals surface area contributed by atoms with Crippen LogP contribution in [0.2, 0.25) is 0 Å². The Bertz CT molecular complexity index is 594. The topological polar surface area (TPSA) is 24.9 Å². The number of pyridine rings is 1. The maximum absolute atomic E-state index is 13.4. The van der Waals surface area contributed by atoms with Crippen LogP contribution in [0.4, 0.5) is 10.1 Å². The smallest absolute Gasteiger partial charge is 0.124 e. The lowest BCUT2D eigenvalue weighted by molar-refractivity contribution is 0.629. The van der Waals surface area contributed by atoms with E-state index in [0.717, 1.165) is 28.8 Å². The third kappa shape index (κ3) is 2.84. The van der Waals surface area contributed by atoms with E-state index in [2.05, 4.69) is 10.3 Å². The summed E-state index contributed by atoms with van der Waals surface area (Å²) >= 11 is 2.02. The van der Waals surface area contributed by atoms with Crippen molar-refractivity contribution < 1.29 is 4.39 Å². The van der Waals surface area contributed by atoms with Crippen molar-refractivity contribution in [2.45, 2.75) is 25.0 Å². The minimum Gasteiger partial charge on any atom is -0.383 e. The predicted molar refractivity (Wildman–Crippen MR) is 80.4 cm³/mol. The summed E-state index contributed by atoms with van der Waals surface area (Å²) in [7, 11) is 0. The first-order valence-electron chi connectivity index (χ1n) is 6.65. The number of rotatable bonds is 3. The molecule has 0 aliphatic carbocycles. The summed E-state index contributed by atoms with van der Waals surface area (Å²) < 4.78 is 13.4. The zero-order chi connectivity index (χ0) is 13.2. The van der Waals surface area contributed by atoms with Crippen molar-refractivity contribution in [3.8, 4) is 0 Å². The summed E-state index contributed by atoms with van der Waals surface area (Å²) in [6.07, 6.45) is 2.58. The number of nitrogens with zero attached hydrogens (tertiary/aromatic N) is 1. The molecule has 1 atom stereocenters. The summed E-state index contributed by atoms with van der Waals surface area (Å²) in [5.74, 6) is 1.05. The second kappa shape index (κ2) is 5.37. The van der Waals surface area contributed by atoms with Gasteiger partial charge in [-0.25, -0.2) is 4.39 Å². The van der Waals surface area contributed by atoms with Gasteiger partial charge in [-0.2, -0.15) is 11.8 Å². The fraction of sp³-hybridized carbons (Fsp3) is 0.400. The van der Waals surface area contributed by atoms with E-state index in [0.29, 0.717) is 5.25 Å². The first-order chi connectivity index (χ1) is 9.22. The molecule has 1 aromatic heterocycles. The van der Waals surface area contributed by atoms with Gasteiger partial charge in [-0.15, -0.1) is 0 Å². The Labute approximate surface area is 116 Å². The highest BCUT2D eigenvalue weighted by Crippen LogP contribution is 2.28. The number of nitrogens with one attached hydrogen (secondary N) is 1. The van der Waals surface area contributed by atoms with E-state index in [1.165, 1.54) is 24.7 Å². The molecular weight excluding hydrogens is 259 g/mol. The van der Waals surface area contributed by atoms with Gasteiger partial charge in [0.25, 0.3) is 0 Å². The standard InChI is InChI=1S/C15H17FN2S/c1-10-7-15(17-9-12-3-2-6-19-12)13-8-11(16)4-5-14(13)18-10/h4-5,7-8,12H,2-3,6,9H2,1H3,(H,17,18). The van der Waals surface area contributed by atoms with Gasteiger partial charge in [0.2, 0.25) is 0 Å². The number of halogens is 1. The van der Waals surface area contributed by atoms with Crippen molar-refractivity contribution in [3.05, 3.63) is 35.8 Å². The van der Waals surface area contributed by atoms with Crippen molar-refractivity contribution in [2.75, 3.05) is 17.6 Å². The van der Waals surface area contributed by atoms with E-state index >= 15 is 0 Å². The van der Waals surface area contributed by atoms with Crippen molar-refractivity contribution in [1.29, 1.82) is 0 Å². The van der Waals surface area contributed by atoms with Crippen LogP contribution in [-0.2, 0) is 0 Å². The summed E-state index contributed by atoms with van der Waals surface area (Å²) in [6, 6.07) is 6.77. The van der Waals surface area contributed by atoms with Crippen molar-refractivity contribution in [3.63, 3.8) is 0 Å². The van der Waals surface area contributed by atoms with Crippen molar-refractivity contribution in [1.82, 2.24) is 4.98 Å². The molecule has 1 unspecified atom stereocenters. The van der Waals surface area contributed by atoms with E-state index in [-0.39, 0.29) is 5.82 Å². The minimum atomic E-state index is -0.212. The molecule has 1 aliphatic rings. The third-order valence-electron chi connectivity index (χ3n) is 3.44. The number of aromatic nitrogens is 1. The van der Waals surface area contributed by atoms with Gasteiger partial charge in [0.1, 0.15) is 5.82 Å². The van der Waals surface area contributed by atoms with Crippen LogP contribution in [0.5, 0.6) is 0 Å². The van der Waals surface area contributed by atoms with E-state index < -0.39 is 0 Å². The lowest BCUT2D eigenvalue weighted by Gasteiger charge is -2.14. The Morgan fingerprint density at radius 1 is 1.42 bits per heavy atom. The molecule has 2 nitrogen and oxygen atoms in total. The molecule has 100 valence electrons. The molecule has 0 bridgehead atoms. The summed E-state index contributed by atoms with van der Waals surface area (Å²) in [6.45, 7) is 2.91. The van der Waals surface area contributed by atoms with Crippen LogP contribution in [0, 0.1) is 12.7 Å².